The predicted octanol–water partition coefficient (Wildman–Crippen LogP) is 5.12. The molecule has 0 saturated heterocycles. The van der Waals surface area contributed by atoms with Crippen LogP contribution >= 0.6 is 11.8 Å². The molecule has 1 atom stereocenters. The lowest BCUT2D eigenvalue weighted by Crippen LogP contribution is -2.19. The molecule has 1 N–H and O–H groups in total. The van der Waals surface area contributed by atoms with Crippen molar-refractivity contribution in [3.05, 3.63) is 78.3 Å². The molecule has 0 aliphatic carbocycles. The molecule has 0 unspecified atom stereocenters. The second-order valence-electron chi connectivity index (χ2n) is 6.39. The zero-order chi connectivity index (χ0) is 20.9. The van der Waals surface area contributed by atoms with Crippen molar-refractivity contribution >= 4 is 23.4 Å². The Balaban J connectivity index is 1.58. The first-order valence-corrected chi connectivity index (χ1v) is 10.1. The van der Waals surface area contributed by atoms with E-state index in [9.17, 15) is 4.79 Å². The first-order chi connectivity index (χ1) is 14.6. The summed E-state index contributed by atoms with van der Waals surface area (Å²) >= 11 is 1.19. The summed E-state index contributed by atoms with van der Waals surface area (Å²) in [4.78, 5) is 13.1. The number of benzene rings is 2. The number of anilines is 1. The van der Waals surface area contributed by atoms with Crippen molar-refractivity contribution in [2.75, 3.05) is 12.4 Å². The average molecular weight is 421 g/mol. The van der Waals surface area contributed by atoms with Crippen LogP contribution in [0.1, 0.15) is 16.6 Å². The number of carbonyl (C=O) groups is 1. The number of aromatic nitrogens is 2. The highest BCUT2D eigenvalue weighted by Crippen LogP contribution is 2.37. The fraction of sp³-hybridized carbons (Fsp3) is 0.136. The van der Waals surface area contributed by atoms with Gasteiger partial charge in [0.2, 0.25) is 5.91 Å². The van der Waals surface area contributed by atoms with Gasteiger partial charge in [0.1, 0.15) is 16.8 Å². The minimum absolute atomic E-state index is 0.210. The molecule has 0 spiro atoms. The summed E-state index contributed by atoms with van der Waals surface area (Å²) in [6.07, 6.45) is 1.57. The zero-order valence-electron chi connectivity index (χ0n) is 16.4. The molecule has 2 aromatic carbocycles. The van der Waals surface area contributed by atoms with Crippen molar-refractivity contribution in [3.63, 3.8) is 0 Å². The van der Waals surface area contributed by atoms with Crippen LogP contribution in [0.4, 0.5) is 5.69 Å². The van der Waals surface area contributed by atoms with E-state index < -0.39 is 5.25 Å². The van der Waals surface area contributed by atoms with E-state index in [4.69, 9.17) is 13.6 Å². The SMILES string of the molecule is COc1cccc(NC(=O)[C@@H](Sc2nnc(-c3ccoc3C)o2)c2ccccc2)c1. The van der Waals surface area contributed by atoms with E-state index >= 15 is 0 Å². The fourth-order valence-corrected chi connectivity index (χ4v) is 3.76. The largest absolute Gasteiger partial charge is 0.497 e. The number of nitrogens with one attached hydrogen (secondary N) is 1. The van der Waals surface area contributed by atoms with Gasteiger partial charge in [-0.3, -0.25) is 4.79 Å². The first-order valence-electron chi connectivity index (χ1n) is 9.18. The van der Waals surface area contributed by atoms with Crippen LogP contribution in [0.3, 0.4) is 0 Å². The number of amides is 1. The van der Waals surface area contributed by atoms with Crippen molar-refractivity contribution < 1.29 is 18.4 Å². The standard InChI is InChI=1S/C22H19N3O4S/c1-14-18(11-12-28-14)21-24-25-22(29-21)30-19(15-7-4-3-5-8-15)20(26)23-16-9-6-10-17(13-16)27-2/h3-13,19H,1-2H3,(H,23,26)/t19-/m0/s1. The summed E-state index contributed by atoms with van der Waals surface area (Å²) in [5.74, 6) is 1.49. The molecule has 2 heterocycles. The van der Waals surface area contributed by atoms with E-state index in [1.807, 2.05) is 49.4 Å². The van der Waals surface area contributed by atoms with E-state index in [0.29, 0.717) is 28.3 Å². The summed E-state index contributed by atoms with van der Waals surface area (Å²) in [6.45, 7) is 1.82. The number of rotatable bonds is 7. The minimum Gasteiger partial charge on any atom is -0.497 e. The Bertz CT molecular complexity index is 1140. The van der Waals surface area contributed by atoms with Gasteiger partial charge in [-0.05, 0) is 42.4 Å². The Hall–Kier alpha value is -3.52. The van der Waals surface area contributed by atoms with Crippen molar-refractivity contribution in [2.45, 2.75) is 17.4 Å². The number of hydrogen-bond acceptors (Lipinski definition) is 7. The number of aryl methyl sites for hydroxylation is 1. The molecule has 30 heavy (non-hydrogen) atoms. The molecular weight excluding hydrogens is 402 g/mol. The predicted molar refractivity (Wildman–Crippen MR) is 113 cm³/mol. The highest BCUT2D eigenvalue weighted by atomic mass is 32.2. The van der Waals surface area contributed by atoms with Crippen molar-refractivity contribution in [2.24, 2.45) is 0 Å². The Morgan fingerprint density at radius 1 is 1.10 bits per heavy atom. The van der Waals surface area contributed by atoms with Gasteiger partial charge in [-0.25, -0.2) is 0 Å². The van der Waals surface area contributed by atoms with E-state index in [1.54, 1.807) is 31.6 Å². The lowest BCUT2D eigenvalue weighted by atomic mass is 10.1. The smallest absolute Gasteiger partial charge is 0.277 e. The maximum atomic E-state index is 13.1. The van der Waals surface area contributed by atoms with Gasteiger partial charge >= 0.3 is 0 Å². The Morgan fingerprint density at radius 3 is 2.67 bits per heavy atom. The number of nitrogens with zero attached hydrogens (tertiary/aromatic N) is 2. The van der Waals surface area contributed by atoms with Crippen LogP contribution in [-0.4, -0.2) is 23.2 Å². The van der Waals surface area contributed by atoms with Gasteiger partial charge in [-0.15, -0.1) is 10.2 Å². The molecule has 0 saturated carbocycles. The molecule has 0 radical (unpaired) electrons. The summed E-state index contributed by atoms with van der Waals surface area (Å²) < 4.78 is 16.3. The molecule has 4 rings (SSSR count). The minimum atomic E-state index is -0.587. The van der Waals surface area contributed by atoms with Crippen molar-refractivity contribution in [1.29, 1.82) is 0 Å². The summed E-state index contributed by atoms with van der Waals surface area (Å²) in [6, 6.07) is 18.4. The molecule has 152 valence electrons. The second-order valence-corrected chi connectivity index (χ2v) is 7.45. The number of carbonyl (C=O) groups excluding carboxylic acids is 1. The number of hydrogen-bond donors (Lipinski definition) is 1. The number of thioether (sulfide) groups is 1. The Labute approximate surface area is 177 Å². The molecule has 0 fully saturated rings. The Kier molecular flexibility index (Phi) is 5.85. The van der Waals surface area contributed by atoms with Crippen LogP contribution < -0.4 is 10.1 Å². The number of furan rings is 1. The van der Waals surface area contributed by atoms with E-state index in [-0.39, 0.29) is 5.91 Å². The van der Waals surface area contributed by atoms with Crippen LogP contribution in [0, 0.1) is 6.92 Å². The van der Waals surface area contributed by atoms with E-state index in [1.165, 1.54) is 11.8 Å². The van der Waals surface area contributed by atoms with Gasteiger partial charge in [0.05, 0.1) is 18.9 Å². The third-order valence-electron chi connectivity index (χ3n) is 4.39. The molecular formula is C22H19N3O4S. The van der Waals surface area contributed by atoms with E-state index in [2.05, 4.69) is 15.5 Å². The first kappa shape index (κ1) is 19.8. The highest BCUT2D eigenvalue weighted by Gasteiger charge is 2.25. The highest BCUT2D eigenvalue weighted by molar-refractivity contribution is 8.00. The topological polar surface area (TPSA) is 90.4 Å². The monoisotopic (exact) mass is 421 g/mol. The summed E-state index contributed by atoms with van der Waals surface area (Å²) in [7, 11) is 1.58. The molecule has 4 aromatic rings. The average Bonchev–Trinajstić information content (AvgIpc) is 3.41. The number of methoxy groups -OCH3 is 1. The third kappa shape index (κ3) is 4.38. The van der Waals surface area contributed by atoms with Crippen molar-refractivity contribution in [3.8, 4) is 17.2 Å². The molecule has 0 aliphatic rings. The van der Waals surface area contributed by atoms with Gasteiger partial charge in [-0.2, -0.15) is 0 Å². The quantitative estimate of drug-likeness (QED) is 0.414. The van der Waals surface area contributed by atoms with Crippen LogP contribution in [0.2, 0.25) is 0 Å². The van der Waals surface area contributed by atoms with Gasteiger partial charge in [0.15, 0.2) is 0 Å². The molecule has 1 amide bonds. The molecule has 0 bridgehead atoms. The summed E-state index contributed by atoms with van der Waals surface area (Å²) in [5, 5.41) is 10.8. The van der Waals surface area contributed by atoms with Gasteiger partial charge < -0.3 is 18.9 Å². The van der Waals surface area contributed by atoms with Crippen LogP contribution in [0.25, 0.3) is 11.5 Å². The lowest BCUT2D eigenvalue weighted by Gasteiger charge is -2.15. The number of ether oxygens (including phenoxy) is 1. The second kappa shape index (κ2) is 8.87. The zero-order valence-corrected chi connectivity index (χ0v) is 17.2. The fourth-order valence-electron chi connectivity index (χ4n) is 2.88. The molecule has 8 heteroatoms. The summed E-state index contributed by atoms with van der Waals surface area (Å²) in [5.41, 5.74) is 2.19. The lowest BCUT2D eigenvalue weighted by molar-refractivity contribution is -0.115. The molecule has 7 nitrogen and oxygen atoms in total. The van der Waals surface area contributed by atoms with Gasteiger partial charge in [-0.1, -0.05) is 36.4 Å². The normalized spacial score (nSPS) is 11.8. The Morgan fingerprint density at radius 2 is 1.93 bits per heavy atom. The molecule has 2 aromatic heterocycles. The van der Waals surface area contributed by atoms with Crippen LogP contribution in [0.15, 0.2) is 81.0 Å². The van der Waals surface area contributed by atoms with Crippen LogP contribution in [0.5, 0.6) is 5.75 Å². The molecule has 0 aliphatic heterocycles. The van der Waals surface area contributed by atoms with E-state index in [0.717, 1.165) is 11.1 Å². The maximum absolute atomic E-state index is 13.1. The van der Waals surface area contributed by atoms with Gasteiger partial charge in [0.25, 0.3) is 11.1 Å². The van der Waals surface area contributed by atoms with Crippen molar-refractivity contribution in [1.82, 2.24) is 10.2 Å². The maximum Gasteiger partial charge on any atom is 0.277 e. The third-order valence-corrected chi connectivity index (χ3v) is 5.48. The van der Waals surface area contributed by atoms with Gasteiger partial charge in [0, 0.05) is 11.8 Å². The van der Waals surface area contributed by atoms with Crippen LogP contribution in [-0.2, 0) is 4.79 Å².